The molecule has 9 heteroatoms. The van der Waals surface area contributed by atoms with Crippen LogP contribution in [0.15, 0.2) is 0 Å². The predicted molar refractivity (Wildman–Crippen MR) is 76.2 cm³/mol. The lowest BCUT2D eigenvalue weighted by Gasteiger charge is -2.26. The van der Waals surface area contributed by atoms with Crippen LogP contribution in [0.1, 0.15) is 40.0 Å². The molecule has 1 atom stereocenters. The molecule has 0 aromatic rings. The first kappa shape index (κ1) is 19.1. The molecule has 1 fully saturated rings. The van der Waals surface area contributed by atoms with Crippen molar-refractivity contribution in [1.29, 1.82) is 0 Å². The van der Waals surface area contributed by atoms with Crippen LogP contribution in [-0.2, 0) is 14.3 Å². The van der Waals surface area contributed by atoms with E-state index in [-0.39, 0.29) is 19.4 Å². The van der Waals surface area contributed by atoms with Gasteiger partial charge in [0.25, 0.3) is 5.92 Å². The Hall–Kier alpha value is -1.93. The Balaban J connectivity index is 2.73. The molecule has 0 aromatic heterocycles. The molecule has 0 saturated carbocycles. The summed E-state index contributed by atoms with van der Waals surface area (Å²) < 4.78 is 31.4. The van der Waals surface area contributed by atoms with Gasteiger partial charge in [-0.1, -0.05) is 0 Å². The van der Waals surface area contributed by atoms with Gasteiger partial charge in [0.05, 0.1) is 6.54 Å². The number of ether oxygens (including phenoxy) is 1. The second kappa shape index (κ2) is 7.10. The zero-order chi connectivity index (χ0) is 17.8. The number of hydrogen-bond acceptors (Lipinski definition) is 4. The van der Waals surface area contributed by atoms with Gasteiger partial charge in [-0.2, -0.15) is 0 Å². The Morgan fingerprint density at radius 1 is 1.35 bits per heavy atom. The number of alkyl halides is 2. The SMILES string of the molecule is CC(C)(C)OC(=O)NC(CCC(=O)O)C(=O)N1CCC(F)(F)C1. The lowest BCUT2D eigenvalue weighted by atomic mass is 10.1. The van der Waals surface area contributed by atoms with Crippen LogP contribution in [0.25, 0.3) is 0 Å². The molecule has 1 aliphatic heterocycles. The molecule has 0 aromatic carbocycles. The van der Waals surface area contributed by atoms with Crippen LogP contribution in [0.4, 0.5) is 13.6 Å². The summed E-state index contributed by atoms with van der Waals surface area (Å²) in [6.07, 6.45) is -1.92. The molecule has 1 rings (SSSR count). The summed E-state index contributed by atoms with van der Waals surface area (Å²) in [6.45, 7) is 4.02. The number of amides is 2. The van der Waals surface area contributed by atoms with E-state index in [0.29, 0.717) is 0 Å². The lowest BCUT2D eigenvalue weighted by Crippen LogP contribution is -2.49. The van der Waals surface area contributed by atoms with E-state index >= 15 is 0 Å². The average molecular weight is 336 g/mol. The third kappa shape index (κ3) is 6.79. The van der Waals surface area contributed by atoms with Gasteiger partial charge >= 0.3 is 12.1 Å². The number of nitrogens with zero attached hydrogens (tertiary/aromatic N) is 1. The minimum atomic E-state index is -2.96. The standard InChI is InChI=1S/C14H22F2N2O5/c1-13(2,3)23-12(22)17-9(4-5-10(19)20)11(21)18-7-6-14(15,16)8-18/h9H,4-8H2,1-3H3,(H,17,22)(H,19,20). The molecule has 7 nitrogen and oxygen atoms in total. The first-order chi connectivity index (χ1) is 10.4. The minimum Gasteiger partial charge on any atom is -0.481 e. The highest BCUT2D eigenvalue weighted by atomic mass is 19.3. The summed E-state index contributed by atoms with van der Waals surface area (Å²) in [5.41, 5.74) is -0.800. The van der Waals surface area contributed by atoms with Gasteiger partial charge in [-0.15, -0.1) is 0 Å². The Labute approximate surface area is 133 Å². The molecule has 1 aliphatic rings. The van der Waals surface area contributed by atoms with E-state index in [1.54, 1.807) is 20.8 Å². The summed E-state index contributed by atoms with van der Waals surface area (Å²) in [4.78, 5) is 35.6. The van der Waals surface area contributed by atoms with Crippen molar-refractivity contribution in [3.63, 3.8) is 0 Å². The van der Waals surface area contributed by atoms with E-state index in [9.17, 15) is 23.2 Å². The topological polar surface area (TPSA) is 95.9 Å². The highest BCUT2D eigenvalue weighted by molar-refractivity contribution is 5.86. The van der Waals surface area contributed by atoms with Crippen molar-refractivity contribution in [2.45, 2.75) is 57.6 Å². The van der Waals surface area contributed by atoms with E-state index < -0.39 is 48.5 Å². The maximum absolute atomic E-state index is 13.2. The van der Waals surface area contributed by atoms with Gasteiger partial charge in [0.1, 0.15) is 11.6 Å². The van der Waals surface area contributed by atoms with Crippen molar-refractivity contribution < 1.29 is 33.0 Å². The zero-order valence-corrected chi connectivity index (χ0v) is 13.4. The lowest BCUT2D eigenvalue weighted by molar-refractivity contribution is -0.138. The Kier molecular flexibility index (Phi) is 5.90. The third-order valence-electron chi connectivity index (χ3n) is 3.12. The van der Waals surface area contributed by atoms with E-state index in [4.69, 9.17) is 9.84 Å². The number of carboxylic acid groups (broad SMARTS) is 1. The summed E-state index contributed by atoms with van der Waals surface area (Å²) in [5.74, 6) is -4.84. The number of alkyl carbamates (subject to hydrolysis) is 1. The molecule has 2 amide bonds. The first-order valence-electron chi connectivity index (χ1n) is 7.27. The third-order valence-corrected chi connectivity index (χ3v) is 3.12. The molecule has 23 heavy (non-hydrogen) atoms. The summed E-state index contributed by atoms with van der Waals surface area (Å²) in [6, 6.07) is -1.21. The van der Waals surface area contributed by atoms with Gasteiger partial charge in [0.2, 0.25) is 5.91 Å². The molecule has 1 heterocycles. The fraction of sp³-hybridized carbons (Fsp3) is 0.786. The van der Waals surface area contributed by atoms with Crippen molar-refractivity contribution in [1.82, 2.24) is 10.2 Å². The van der Waals surface area contributed by atoms with Crippen LogP contribution in [0.5, 0.6) is 0 Å². The van der Waals surface area contributed by atoms with Crippen LogP contribution in [-0.4, -0.2) is 58.6 Å². The number of carbonyl (C=O) groups excluding carboxylic acids is 2. The number of hydrogen-bond donors (Lipinski definition) is 2. The molecule has 1 saturated heterocycles. The van der Waals surface area contributed by atoms with Crippen LogP contribution in [0, 0.1) is 0 Å². The second-order valence-corrected chi connectivity index (χ2v) is 6.50. The highest BCUT2D eigenvalue weighted by Crippen LogP contribution is 2.27. The quantitative estimate of drug-likeness (QED) is 0.795. The number of likely N-dealkylation sites (tertiary alicyclic amines) is 1. The smallest absolute Gasteiger partial charge is 0.408 e. The van der Waals surface area contributed by atoms with E-state index in [1.807, 2.05) is 0 Å². The van der Waals surface area contributed by atoms with Crippen LogP contribution in [0.2, 0.25) is 0 Å². The van der Waals surface area contributed by atoms with Crippen molar-refractivity contribution in [2.75, 3.05) is 13.1 Å². The highest BCUT2D eigenvalue weighted by Gasteiger charge is 2.42. The predicted octanol–water partition coefficient (Wildman–Crippen LogP) is 1.61. The zero-order valence-electron chi connectivity index (χ0n) is 13.4. The average Bonchev–Trinajstić information content (AvgIpc) is 2.71. The second-order valence-electron chi connectivity index (χ2n) is 6.50. The van der Waals surface area contributed by atoms with Crippen molar-refractivity contribution >= 4 is 18.0 Å². The summed E-state index contributed by atoms with van der Waals surface area (Å²) >= 11 is 0. The summed E-state index contributed by atoms with van der Waals surface area (Å²) in [5, 5.41) is 11.0. The van der Waals surface area contributed by atoms with E-state index in [2.05, 4.69) is 5.32 Å². The monoisotopic (exact) mass is 336 g/mol. The molecular formula is C14H22F2N2O5. The fourth-order valence-electron chi connectivity index (χ4n) is 2.12. The van der Waals surface area contributed by atoms with Gasteiger partial charge in [-0.3, -0.25) is 9.59 Å². The number of carbonyl (C=O) groups is 3. The Morgan fingerprint density at radius 2 is 1.96 bits per heavy atom. The van der Waals surface area contributed by atoms with Crippen LogP contribution >= 0.6 is 0 Å². The van der Waals surface area contributed by atoms with Crippen molar-refractivity contribution in [3.8, 4) is 0 Å². The van der Waals surface area contributed by atoms with Gasteiger partial charge in [-0.25, -0.2) is 13.6 Å². The molecule has 0 spiro atoms. The van der Waals surface area contributed by atoms with Gasteiger partial charge < -0.3 is 20.1 Å². The summed E-state index contributed by atoms with van der Waals surface area (Å²) in [7, 11) is 0. The fourth-order valence-corrected chi connectivity index (χ4v) is 2.12. The van der Waals surface area contributed by atoms with E-state index in [0.717, 1.165) is 4.90 Å². The molecule has 0 bridgehead atoms. The number of carboxylic acids is 1. The molecule has 2 N–H and O–H groups in total. The first-order valence-corrected chi connectivity index (χ1v) is 7.27. The Bertz CT molecular complexity index is 476. The molecular weight excluding hydrogens is 314 g/mol. The maximum Gasteiger partial charge on any atom is 0.408 e. The minimum absolute atomic E-state index is 0.134. The number of rotatable bonds is 5. The van der Waals surface area contributed by atoms with Crippen molar-refractivity contribution in [3.05, 3.63) is 0 Å². The van der Waals surface area contributed by atoms with Crippen molar-refractivity contribution in [2.24, 2.45) is 0 Å². The molecule has 1 unspecified atom stereocenters. The molecule has 0 aliphatic carbocycles. The number of halogens is 2. The molecule has 0 radical (unpaired) electrons. The van der Waals surface area contributed by atoms with Gasteiger partial charge in [0.15, 0.2) is 0 Å². The molecule has 132 valence electrons. The van der Waals surface area contributed by atoms with Crippen LogP contribution in [0.3, 0.4) is 0 Å². The van der Waals surface area contributed by atoms with Gasteiger partial charge in [0, 0.05) is 19.4 Å². The largest absolute Gasteiger partial charge is 0.481 e. The number of nitrogens with one attached hydrogen (secondary N) is 1. The maximum atomic E-state index is 13.2. The Morgan fingerprint density at radius 3 is 2.39 bits per heavy atom. The van der Waals surface area contributed by atoms with Crippen LogP contribution < -0.4 is 5.32 Å². The van der Waals surface area contributed by atoms with E-state index in [1.165, 1.54) is 0 Å². The number of aliphatic carboxylic acids is 1. The van der Waals surface area contributed by atoms with Gasteiger partial charge in [-0.05, 0) is 27.2 Å². The normalized spacial score (nSPS) is 18.4.